The number of hydrogen-bond donors (Lipinski definition) is 0. The number of halogens is 1. The van der Waals surface area contributed by atoms with Gasteiger partial charge >= 0.3 is 0 Å². The molecule has 132 valence electrons. The van der Waals surface area contributed by atoms with Gasteiger partial charge in [0, 0.05) is 43.6 Å². The van der Waals surface area contributed by atoms with E-state index in [-0.39, 0.29) is 5.91 Å². The van der Waals surface area contributed by atoms with Crippen LogP contribution in [0.2, 0.25) is 5.02 Å². The quantitative estimate of drug-likeness (QED) is 0.698. The Kier molecular flexibility index (Phi) is 4.49. The van der Waals surface area contributed by atoms with Crippen molar-refractivity contribution < 1.29 is 4.79 Å². The highest BCUT2D eigenvalue weighted by Crippen LogP contribution is 2.15. The number of rotatable bonds is 3. The number of carbonyl (C=O) groups is 1. The second kappa shape index (κ2) is 7.09. The molecule has 3 aromatic rings. The number of piperazine rings is 1. The van der Waals surface area contributed by atoms with Gasteiger partial charge in [-0.1, -0.05) is 22.9 Å². The minimum absolute atomic E-state index is 0.132. The van der Waals surface area contributed by atoms with Crippen molar-refractivity contribution >= 4 is 23.5 Å². The Bertz CT molecular complexity index is 906. The Balaban J connectivity index is 1.43. The summed E-state index contributed by atoms with van der Waals surface area (Å²) in [4.78, 5) is 25.0. The lowest BCUT2D eigenvalue weighted by atomic mass is 10.3. The van der Waals surface area contributed by atoms with Crippen molar-refractivity contribution in [2.45, 2.75) is 0 Å². The van der Waals surface area contributed by atoms with Crippen LogP contribution in [0.5, 0.6) is 0 Å². The first-order chi connectivity index (χ1) is 12.7. The molecule has 26 heavy (non-hydrogen) atoms. The first-order valence-corrected chi connectivity index (χ1v) is 8.58. The highest BCUT2D eigenvalue weighted by Gasteiger charge is 2.25. The van der Waals surface area contributed by atoms with Crippen molar-refractivity contribution in [3.05, 3.63) is 59.6 Å². The molecule has 3 heterocycles. The molecule has 1 fully saturated rings. The van der Waals surface area contributed by atoms with Gasteiger partial charge in [-0.25, -0.2) is 14.6 Å². The van der Waals surface area contributed by atoms with E-state index in [0.717, 1.165) is 5.69 Å². The van der Waals surface area contributed by atoms with E-state index >= 15 is 0 Å². The Labute approximate surface area is 155 Å². The van der Waals surface area contributed by atoms with E-state index in [9.17, 15) is 4.79 Å². The van der Waals surface area contributed by atoms with Crippen LogP contribution in [0.3, 0.4) is 0 Å². The molecule has 9 heteroatoms. The zero-order valence-corrected chi connectivity index (χ0v) is 14.6. The fraction of sp³-hybridized carbons (Fsp3) is 0.235. The molecule has 0 bridgehead atoms. The summed E-state index contributed by atoms with van der Waals surface area (Å²) in [6, 6.07) is 9.01. The third-order valence-corrected chi connectivity index (χ3v) is 4.42. The van der Waals surface area contributed by atoms with Crippen LogP contribution >= 0.6 is 11.6 Å². The van der Waals surface area contributed by atoms with Crippen molar-refractivity contribution in [2.24, 2.45) is 0 Å². The maximum atomic E-state index is 12.7. The fourth-order valence-corrected chi connectivity index (χ4v) is 3.02. The minimum atomic E-state index is -0.132. The fourth-order valence-electron chi connectivity index (χ4n) is 2.83. The van der Waals surface area contributed by atoms with Gasteiger partial charge < -0.3 is 9.80 Å². The molecule has 4 rings (SSSR count). The molecule has 0 radical (unpaired) electrons. The lowest BCUT2D eigenvalue weighted by Crippen LogP contribution is -2.49. The molecule has 2 aromatic heterocycles. The highest BCUT2D eigenvalue weighted by atomic mass is 35.5. The summed E-state index contributed by atoms with van der Waals surface area (Å²) in [7, 11) is 0. The van der Waals surface area contributed by atoms with Gasteiger partial charge in [0.1, 0.15) is 0 Å². The van der Waals surface area contributed by atoms with Gasteiger partial charge in [-0.3, -0.25) is 4.79 Å². The normalized spacial score (nSPS) is 14.5. The van der Waals surface area contributed by atoms with Crippen LogP contribution in [0.25, 0.3) is 5.69 Å². The molecular formula is C17H16ClN7O. The van der Waals surface area contributed by atoms with Gasteiger partial charge in [-0.05, 0) is 24.3 Å². The maximum Gasteiger partial charge on any atom is 0.276 e. The van der Waals surface area contributed by atoms with Gasteiger partial charge in [-0.2, -0.15) is 0 Å². The number of carbonyl (C=O) groups excluding carboxylic acids is 1. The van der Waals surface area contributed by atoms with Gasteiger partial charge in [-0.15, -0.1) is 5.10 Å². The van der Waals surface area contributed by atoms with E-state index in [4.69, 9.17) is 11.6 Å². The molecule has 1 aromatic carbocycles. The monoisotopic (exact) mass is 369 g/mol. The van der Waals surface area contributed by atoms with Crippen LogP contribution in [0, 0.1) is 0 Å². The Morgan fingerprint density at radius 2 is 1.81 bits per heavy atom. The molecule has 0 spiro atoms. The highest BCUT2D eigenvalue weighted by molar-refractivity contribution is 6.30. The van der Waals surface area contributed by atoms with E-state index < -0.39 is 0 Å². The minimum Gasteiger partial charge on any atom is -0.337 e. The zero-order valence-electron chi connectivity index (χ0n) is 13.9. The van der Waals surface area contributed by atoms with Crippen LogP contribution in [-0.2, 0) is 0 Å². The summed E-state index contributed by atoms with van der Waals surface area (Å²) in [6.07, 6.45) is 5.06. The molecule has 0 unspecified atom stereocenters. The van der Waals surface area contributed by atoms with E-state index in [0.29, 0.717) is 42.8 Å². The predicted octanol–water partition coefficient (Wildman–Crippen LogP) is 1.67. The van der Waals surface area contributed by atoms with Crippen LogP contribution in [0.15, 0.2) is 48.9 Å². The standard InChI is InChI=1S/C17H16ClN7O/c18-13-3-1-4-14(11-13)25-12-15(21-22-25)16(26)23-7-9-24(10-8-23)17-19-5-2-6-20-17/h1-6,11-12H,7-10H2. The maximum absolute atomic E-state index is 12.7. The summed E-state index contributed by atoms with van der Waals surface area (Å²) in [5, 5.41) is 8.65. The zero-order chi connectivity index (χ0) is 17.9. The second-order valence-electron chi connectivity index (χ2n) is 5.86. The number of aromatic nitrogens is 5. The SMILES string of the molecule is O=C(c1cn(-c2cccc(Cl)c2)nn1)N1CCN(c2ncccn2)CC1. The average molecular weight is 370 g/mol. The van der Waals surface area contributed by atoms with Gasteiger partial charge in [0.25, 0.3) is 5.91 Å². The topological polar surface area (TPSA) is 80.0 Å². The first-order valence-electron chi connectivity index (χ1n) is 8.20. The summed E-state index contributed by atoms with van der Waals surface area (Å²) in [5.74, 6) is 0.554. The van der Waals surface area contributed by atoms with E-state index in [1.807, 2.05) is 12.1 Å². The molecular weight excluding hydrogens is 354 g/mol. The van der Waals surface area contributed by atoms with Crippen LogP contribution in [0.4, 0.5) is 5.95 Å². The largest absolute Gasteiger partial charge is 0.337 e. The molecule has 1 amide bonds. The molecule has 0 N–H and O–H groups in total. The third kappa shape index (κ3) is 3.36. The summed E-state index contributed by atoms with van der Waals surface area (Å²) >= 11 is 6.00. The van der Waals surface area contributed by atoms with E-state index in [1.165, 1.54) is 0 Å². The summed E-state index contributed by atoms with van der Waals surface area (Å²) < 4.78 is 1.55. The van der Waals surface area contributed by atoms with Crippen molar-refractivity contribution in [3.8, 4) is 5.69 Å². The number of nitrogens with zero attached hydrogens (tertiary/aromatic N) is 7. The van der Waals surface area contributed by atoms with Gasteiger partial charge in [0.2, 0.25) is 5.95 Å². The molecule has 1 saturated heterocycles. The molecule has 8 nitrogen and oxygen atoms in total. The van der Waals surface area contributed by atoms with Crippen molar-refractivity contribution in [1.29, 1.82) is 0 Å². The molecule has 0 aliphatic carbocycles. The second-order valence-corrected chi connectivity index (χ2v) is 6.29. The molecule has 1 aliphatic heterocycles. The summed E-state index contributed by atoms with van der Waals surface area (Å²) in [5.41, 5.74) is 1.07. The lowest BCUT2D eigenvalue weighted by molar-refractivity contribution is 0.0740. The van der Waals surface area contributed by atoms with E-state index in [1.54, 1.807) is 46.4 Å². The van der Waals surface area contributed by atoms with Crippen LogP contribution < -0.4 is 4.90 Å². The van der Waals surface area contributed by atoms with Gasteiger partial charge in [0.15, 0.2) is 5.69 Å². The number of hydrogen-bond acceptors (Lipinski definition) is 6. The molecule has 0 saturated carbocycles. The van der Waals surface area contributed by atoms with Crippen molar-refractivity contribution in [1.82, 2.24) is 29.9 Å². The van der Waals surface area contributed by atoms with Crippen molar-refractivity contribution in [2.75, 3.05) is 31.1 Å². The number of benzene rings is 1. The van der Waals surface area contributed by atoms with Gasteiger partial charge in [0.05, 0.1) is 11.9 Å². The number of anilines is 1. The molecule has 1 aliphatic rings. The Morgan fingerprint density at radius 3 is 2.54 bits per heavy atom. The van der Waals surface area contributed by atoms with Crippen LogP contribution in [0.1, 0.15) is 10.5 Å². The van der Waals surface area contributed by atoms with E-state index in [2.05, 4.69) is 25.2 Å². The van der Waals surface area contributed by atoms with Crippen molar-refractivity contribution in [3.63, 3.8) is 0 Å². The third-order valence-electron chi connectivity index (χ3n) is 4.19. The average Bonchev–Trinajstić information content (AvgIpc) is 3.18. The summed E-state index contributed by atoms with van der Waals surface area (Å²) in [6.45, 7) is 2.53. The predicted molar refractivity (Wildman–Crippen MR) is 96.5 cm³/mol. The first kappa shape index (κ1) is 16.5. The number of amides is 1. The lowest BCUT2D eigenvalue weighted by Gasteiger charge is -2.34. The molecule has 0 atom stereocenters. The smallest absolute Gasteiger partial charge is 0.276 e. The Hall–Kier alpha value is -3.00. The Morgan fingerprint density at radius 1 is 1.04 bits per heavy atom. The van der Waals surface area contributed by atoms with Crippen LogP contribution in [-0.4, -0.2) is 61.9 Å².